The van der Waals surface area contributed by atoms with Gasteiger partial charge in [-0.2, -0.15) is 10.2 Å². The number of benzene rings is 1. The molecule has 164 valence electrons. The smallest absolute Gasteiger partial charge is 0.228 e. The molecule has 1 aromatic carbocycles. The number of nitrogens with one attached hydrogen (secondary N) is 1. The van der Waals surface area contributed by atoms with E-state index in [-0.39, 0.29) is 17.6 Å². The molecule has 1 amide bonds. The van der Waals surface area contributed by atoms with Crippen molar-refractivity contribution in [2.24, 2.45) is 11.0 Å². The largest absolute Gasteiger partial charge is 0.310 e. The third kappa shape index (κ3) is 3.69. The number of carbonyl (C=O) groups is 1. The van der Waals surface area contributed by atoms with Gasteiger partial charge in [0.2, 0.25) is 5.91 Å². The van der Waals surface area contributed by atoms with Crippen LogP contribution in [0.3, 0.4) is 0 Å². The van der Waals surface area contributed by atoms with E-state index < -0.39 is 0 Å². The fourth-order valence-corrected chi connectivity index (χ4v) is 3.87. The first-order valence-electron chi connectivity index (χ1n) is 10.7. The molecule has 0 radical (unpaired) electrons. The predicted octanol–water partition coefficient (Wildman–Crippen LogP) is 3.35. The highest BCUT2D eigenvalue weighted by Gasteiger charge is 2.30. The molecule has 1 saturated carbocycles. The predicted molar refractivity (Wildman–Crippen MR) is 119 cm³/mol. The maximum atomic E-state index is 14.8. The Labute approximate surface area is 188 Å². The van der Waals surface area contributed by atoms with Crippen LogP contribution in [0.5, 0.6) is 0 Å². The summed E-state index contributed by atoms with van der Waals surface area (Å²) in [5.74, 6) is 1.62. The van der Waals surface area contributed by atoms with E-state index in [1.807, 2.05) is 12.3 Å². The van der Waals surface area contributed by atoms with Crippen LogP contribution in [0.15, 0.2) is 60.2 Å². The number of nitrogens with zero attached hydrogens (tertiary/aromatic N) is 7. The van der Waals surface area contributed by atoms with E-state index in [0.29, 0.717) is 41.3 Å². The summed E-state index contributed by atoms with van der Waals surface area (Å²) in [7, 11) is 0. The Kier molecular flexibility index (Phi) is 4.56. The molecule has 0 atom stereocenters. The van der Waals surface area contributed by atoms with Gasteiger partial charge in [0.15, 0.2) is 11.7 Å². The van der Waals surface area contributed by atoms with E-state index in [1.54, 1.807) is 46.1 Å². The number of aryl methyl sites for hydroxylation is 1. The molecular weight excluding hydrogens is 423 g/mol. The van der Waals surface area contributed by atoms with Gasteiger partial charge in [0.1, 0.15) is 23.7 Å². The van der Waals surface area contributed by atoms with Crippen molar-refractivity contribution >= 4 is 17.6 Å². The minimum atomic E-state index is -0.369. The van der Waals surface area contributed by atoms with Gasteiger partial charge in [-0.1, -0.05) is 12.1 Å². The van der Waals surface area contributed by atoms with E-state index in [1.165, 1.54) is 6.07 Å². The fourth-order valence-electron chi connectivity index (χ4n) is 3.87. The number of carbonyl (C=O) groups excluding carboxylic acids is 1. The van der Waals surface area contributed by atoms with Crippen LogP contribution in [-0.4, -0.2) is 41.4 Å². The second-order valence-electron chi connectivity index (χ2n) is 8.12. The molecule has 0 saturated heterocycles. The number of fused-ring (bicyclic) bond motifs is 1. The summed E-state index contributed by atoms with van der Waals surface area (Å²) in [5.41, 5.74) is 2.34. The molecule has 4 aromatic rings. The highest BCUT2D eigenvalue weighted by Crippen LogP contribution is 2.34. The Balaban J connectivity index is 1.44. The van der Waals surface area contributed by atoms with Crippen LogP contribution in [0.1, 0.15) is 25.1 Å². The molecule has 10 heteroatoms. The molecular formula is C23H19FN8O. The number of aromatic nitrogens is 6. The van der Waals surface area contributed by atoms with Gasteiger partial charge in [-0.15, -0.1) is 10.2 Å². The van der Waals surface area contributed by atoms with Crippen LogP contribution >= 0.6 is 0 Å². The number of anilines is 1. The lowest BCUT2D eigenvalue weighted by molar-refractivity contribution is -0.117. The minimum Gasteiger partial charge on any atom is -0.310 e. The first kappa shape index (κ1) is 19.5. The number of hydrogen-bond acceptors (Lipinski definition) is 6. The zero-order valence-corrected chi connectivity index (χ0v) is 17.5. The minimum absolute atomic E-state index is 0.0222. The molecule has 33 heavy (non-hydrogen) atoms. The molecule has 0 unspecified atom stereocenters. The second kappa shape index (κ2) is 7.73. The summed E-state index contributed by atoms with van der Waals surface area (Å²) in [6.07, 6.45) is 8.12. The van der Waals surface area contributed by atoms with Crippen LogP contribution in [0.2, 0.25) is 0 Å². The van der Waals surface area contributed by atoms with Gasteiger partial charge >= 0.3 is 0 Å². The Morgan fingerprint density at radius 3 is 2.85 bits per heavy atom. The summed E-state index contributed by atoms with van der Waals surface area (Å²) in [5, 5.41) is 20.1. The summed E-state index contributed by atoms with van der Waals surface area (Å²) in [6.45, 7) is 0. The molecule has 1 aliphatic carbocycles. The van der Waals surface area contributed by atoms with Gasteiger partial charge in [0.05, 0.1) is 0 Å². The average molecular weight is 442 g/mol. The van der Waals surface area contributed by atoms with Crippen LogP contribution in [-0.2, 0) is 11.2 Å². The number of amides is 1. The monoisotopic (exact) mass is 442 g/mol. The highest BCUT2D eigenvalue weighted by molar-refractivity contribution is 5.94. The van der Waals surface area contributed by atoms with Gasteiger partial charge in [-0.25, -0.2) is 18.7 Å². The Bertz CT molecular complexity index is 1400. The topological polar surface area (TPSA) is 103 Å². The maximum absolute atomic E-state index is 14.8. The number of pyridine rings is 1. The summed E-state index contributed by atoms with van der Waals surface area (Å²) in [6, 6.07) is 10.1. The van der Waals surface area contributed by atoms with E-state index in [2.05, 4.69) is 25.6 Å². The third-order valence-corrected chi connectivity index (χ3v) is 5.77. The fraction of sp³-hybridized carbons (Fsp3) is 0.217. The second-order valence-corrected chi connectivity index (χ2v) is 8.12. The number of hydrogen-bond donors (Lipinski definition) is 1. The van der Waals surface area contributed by atoms with Gasteiger partial charge in [-0.05, 0) is 42.7 Å². The van der Waals surface area contributed by atoms with Crippen molar-refractivity contribution < 1.29 is 9.18 Å². The van der Waals surface area contributed by atoms with Crippen molar-refractivity contribution in [2.75, 3.05) is 5.32 Å². The first-order chi connectivity index (χ1) is 16.2. The van der Waals surface area contributed by atoms with Crippen molar-refractivity contribution in [1.29, 1.82) is 0 Å². The molecule has 1 fully saturated rings. The highest BCUT2D eigenvalue weighted by atomic mass is 19.1. The van der Waals surface area contributed by atoms with Gasteiger partial charge in [0, 0.05) is 42.3 Å². The van der Waals surface area contributed by atoms with Gasteiger partial charge < -0.3 is 5.32 Å². The number of halogens is 1. The Morgan fingerprint density at radius 1 is 1.12 bits per heavy atom. The normalized spacial score (nSPS) is 15.1. The molecule has 9 nitrogen and oxygen atoms in total. The van der Waals surface area contributed by atoms with Gasteiger partial charge in [-0.3, -0.25) is 4.79 Å². The summed E-state index contributed by atoms with van der Waals surface area (Å²) < 4.78 is 18.1. The van der Waals surface area contributed by atoms with E-state index in [0.717, 1.165) is 24.2 Å². The maximum Gasteiger partial charge on any atom is 0.228 e. The van der Waals surface area contributed by atoms with Crippen LogP contribution in [0.25, 0.3) is 22.4 Å². The molecule has 2 aliphatic rings. The van der Waals surface area contributed by atoms with Crippen molar-refractivity contribution in [3.63, 3.8) is 0 Å². The zero-order valence-electron chi connectivity index (χ0n) is 17.5. The summed E-state index contributed by atoms with van der Waals surface area (Å²) in [4.78, 5) is 16.5. The SMILES string of the molecule is O=C(Nc1cc(-c2cn(C3=Nn4cnnc4CC3)nc2-c2ccccc2F)ccn1)C1CC1. The molecule has 0 bridgehead atoms. The zero-order chi connectivity index (χ0) is 22.4. The third-order valence-electron chi connectivity index (χ3n) is 5.77. The van der Waals surface area contributed by atoms with Crippen LogP contribution < -0.4 is 5.32 Å². The molecule has 6 rings (SSSR count). The quantitative estimate of drug-likeness (QED) is 0.522. The Hall–Kier alpha value is -4.21. The average Bonchev–Trinajstić information content (AvgIpc) is 3.42. The van der Waals surface area contributed by atoms with Crippen molar-refractivity contribution in [3.05, 3.63) is 66.8 Å². The number of rotatable bonds is 4. The lowest BCUT2D eigenvalue weighted by Crippen LogP contribution is -2.20. The lowest BCUT2D eigenvalue weighted by atomic mass is 10.0. The molecule has 0 spiro atoms. The van der Waals surface area contributed by atoms with Crippen LogP contribution in [0, 0.1) is 11.7 Å². The molecule has 1 N–H and O–H groups in total. The first-order valence-corrected chi connectivity index (χ1v) is 10.7. The molecule has 3 aromatic heterocycles. The van der Waals surface area contributed by atoms with Crippen molar-refractivity contribution in [3.8, 4) is 22.4 Å². The molecule has 4 heterocycles. The van der Waals surface area contributed by atoms with Crippen LogP contribution in [0.4, 0.5) is 10.2 Å². The molecule has 1 aliphatic heterocycles. The standard InChI is InChI=1S/C23H19FN8O/c24-18-4-2-1-3-16(18)22-17(15-9-10-25-19(11-15)27-23(33)14-5-6-14)12-31(30-22)21-8-7-20-28-26-13-32(20)29-21/h1-4,9-14H,5-8H2,(H,25,27,33). The van der Waals surface area contributed by atoms with E-state index in [4.69, 9.17) is 5.10 Å². The summed E-state index contributed by atoms with van der Waals surface area (Å²) >= 11 is 0. The lowest BCUT2D eigenvalue weighted by Gasteiger charge is -2.12. The van der Waals surface area contributed by atoms with Crippen molar-refractivity contribution in [1.82, 2.24) is 29.6 Å². The van der Waals surface area contributed by atoms with Gasteiger partial charge in [0.25, 0.3) is 0 Å². The van der Waals surface area contributed by atoms with E-state index >= 15 is 0 Å². The van der Waals surface area contributed by atoms with E-state index in [9.17, 15) is 9.18 Å². The Morgan fingerprint density at radius 2 is 2.00 bits per heavy atom. The van der Waals surface area contributed by atoms with Crippen molar-refractivity contribution in [2.45, 2.75) is 25.7 Å².